The molecule has 0 saturated heterocycles. The predicted molar refractivity (Wildman–Crippen MR) is 136 cm³/mol. The smallest absolute Gasteiger partial charge is 0.291 e. The standard InChI is InChI=1S/C28H26N2O6/c1-18(2)20-6-10-23(11-7-20)34-17-25-12-13-27(36-25)28(31)29-21-14-22(30(32)33)16-26(15-21)35-24-8-4-19(3)5-9-24/h4-16,18H,17H2,1-3H3,(H,29,31). The first-order valence-electron chi connectivity index (χ1n) is 11.4. The Morgan fingerprint density at radius 3 is 2.31 bits per heavy atom. The second kappa shape index (κ2) is 10.8. The summed E-state index contributed by atoms with van der Waals surface area (Å²) < 4.78 is 17.1. The van der Waals surface area contributed by atoms with E-state index < -0.39 is 10.8 Å². The van der Waals surface area contributed by atoms with E-state index in [2.05, 4.69) is 19.2 Å². The summed E-state index contributed by atoms with van der Waals surface area (Å²) in [6.07, 6.45) is 0. The summed E-state index contributed by atoms with van der Waals surface area (Å²) in [6.45, 7) is 6.34. The number of nitrogens with zero attached hydrogens (tertiary/aromatic N) is 1. The Morgan fingerprint density at radius 1 is 0.944 bits per heavy atom. The fourth-order valence-corrected chi connectivity index (χ4v) is 3.44. The first-order valence-corrected chi connectivity index (χ1v) is 11.4. The molecule has 4 rings (SSSR count). The molecule has 0 spiro atoms. The van der Waals surface area contributed by atoms with Crippen molar-refractivity contribution in [1.82, 2.24) is 0 Å². The lowest BCUT2D eigenvalue weighted by atomic mass is 10.0. The number of hydrogen-bond donors (Lipinski definition) is 1. The van der Waals surface area contributed by atoms with Crippen molar-refractivity contribution in [1.29, 1.82) is 0 Å². The molecule has 0 fully saturated rings. The molecule has 184 valence electrons. The zero-order chi connectivity index (χ0) is 25.7. The van der Waals surface area contributed by atoms with Gasteiger partial charge in [-0.2, -0.15) is 0 Å². The molecule has 0 radical (unpaired) electrons. The van der Waals surface area contributed by atoms with Gasteiger partial charge in [-0.25, -0.2) is 0 Å². The lowest BCUT2D eigenvalue weighted by molar-refractivity contribution is -0.384. The third-order valence-electron chi connectivity index (χ3n) is 5.43. The molecular weight excluding hydrogens is 460 g/mol. The molecule has 4 aromatic rings. The minimum atomic E-state index is -0.552. The number of non-ortho nitro benzene ring substituents is 1. The topological polar surface area (TPSA) is 104 Å². The Hall–Kier alpha value is -4.59. The first-order chi connectivity index (χ1) is 17.3. The number of amides is 1. The monoisotopic (exact) mass is 486 g/mol. The van der Waals surface area contributed by atoms with Gasteiger partial charge in [-0.3, -0.25) is 14.9 Å². The highest BCUT2D eigenvalue weighted by Gasteiger charge is 2.16. The molecule has 0 unspecified atom stereocenters. The molecule has 1 aromatic heterocycles. The average molecular weight is 487 g/mol. The van der Waals surface area contributed by atoms with E-state index in [1.807, 2.05) is 43.3 Å². The highest BCUT2D eigenvalue weighted by molar-refractivity contribution is 6.02. The van der Waals surface area contributed by atoms with Crippen molar-refractivity contribution in [3.05, 3.63) is 112 Å². The molecule has 0 saturated carbocycles. The van der Waals surface area contributed by atoms with Crippen LogP contribution in [0.3, 0.4) is 0 Å². The number of anilines is 1. The lowest BCUT2D eigenvalue weighted by Crippen LogP contribution is -2.11. The van der Waals surface area contributed by atoms with Crippen LogP contribution >= 0.6 is 0 Å². The number of nitrogens with one attached hydrogen (secondary N) is 1. The van der Waals surface area contributed by atoms with Gasteiger partial charge < -0.3 is 19.2 Å². The quantitative estimate of drug-likeness (QED) is 0.197. The number of aryl methyl sites for hydroxylation is 1. The Balaban J connectivity index is 1.42. The summed E-state index contributed by atoms with van der Waals surface area (Å²) >= 11 is 0. The predicted octanol–water partition coefficient (Wildman–Crippen LogP) is 7.24. The van der Waals surface area contributed by atoms with E-state index in [1.165, 1.54) is 29.8 Å². The number of benzene rings is 3. The number of carbonyl (C=O) groups excluding carboxylic acids is 1. The number of ether oxygens (including phenoxy) is 2. The molecule has 0 atom stereocenters. The minimum Gasteiger partial charge on any atom is -0.486 e. The second-order valence-electron chi connectivity index (χ2n) is 8.62. The Bertz CT molecular complexity index is 1360. The van der Waals surface area contributed by atoms with E-state index in [-0.39, 0.29) is 29.5 Å². The van der Waals surface area contributed by atoms with Gasteiger partial charge in [0.25, 0.3) is 11.6 Å². The van der Waals surface area contributed by atoms with Gasteiger partial charge >= 0.3 is 0 Å². The summed E-state index contributed by atoms with van der Waals surface area (Å²) in [5.74, 6) is 1.84. The zero-order valence-electron chi connectivity index (χ0n) is 20.2. The van der Waals surface area contributed by atoms with Gasteiger partial charge in [0.05, 0.1) is 16.7 Å². The van der Waals surface area contributed by atoms with Crippen molar-refractivity contribution in [3.63, 3.8) is 0 Å². The average Bonchev–Trinajstić information content (AvgIpc) is 3.33. The zero-order valence-corrected chi connectivity index (χ0v) is 20.2. The molecule has 36 heavy (non-hydrogen) atoms. The first kappa shape index (κ1) is 24.5. The molecular formula is C28H26N2O6. The number of furan rings is 1. The van der Waals surface area contributed by atoms with Crippen LogP contribution in [0, 0.1) is 17.0 Å². The van der Waals surface area contributed by atoms with Crippen molar-refractivity contribution in [2.45, 2.75) is 33.3 Å². The van der Waals surface area contributed by atoms with Crippen molar-refractivity contribution in [3.8, 4) is 17.2 Å². The SMILES string of the molecule is Cc1ccc(Oc2cc(NC(=O)c3ccc(COc4ccc(C(C)C)cc4)o3)cc([N+](=O)[O-])c2)cc1. The van der Waals surface area contributed by atoms with Crippen LogP contribution < -0.4 is 14.8 Å². The highest BCUT2D eigenvalue weighted by Crippen LogP contribution is 2.30. The van der Waals surface area contributed by atoms with Crippen LogP contribution in [0.2, 0.25) is 0 Å². The van der Waals surface area contributed by atoms with Crippen LogP contribution in [0.5, 0.6) is 17.2 Å². The molecule has 1 amide bonds. The van der Waals surface area contributed by atoms with E-state index in [0.717, 1.165) is 5.56 Å². The summed E-state index contributed by atoms with van der Waals surface area (Å²) in [5.41, 5.74) is 2.26. The van der Waals surface area contributed by atoms with Gasteiger partial charge in [-0.05, 0) is 54.8 Å². The molecule has 3 aromatic carbocycles. The molecule has 1 N–H and O–H groups in total. The molecule has 1 heterocycles. The van der Waals surface area contributed by atoms with E-state index in [0.29, 0.717) is 23.2 Å². The molecule has 0 bridgehead atoms. The van der Waals surface area contributed by atoms with Crippen molar-refractivity contribution < 1.29 is 23.6 Å². The van der Waals surface area contributed by atoms with Crippen molar-refractivity contribution in [2.24, 2.45) is 0 Å². The van der Waals surface area contributed by atoms with Crippen LogP contribution in [0.1, 0.15) is 47.2 Å². The Labute approximate surface area is 208 Å². The van der Waals surface area contributed by atoms with Gasteiger partial charge in [0.1, 0.15) is 29.6 Å². The number of nitro groups is 1. The van der Waals surface area contributed by atoms with E-state index in [4.69, 9.17) is 13.9 Å². The molecule has 8 heteroatoms. The number of hydrogen-bond acceptors (Lipinski definition) is 6. The lowest BCUT2D eigenvalue weighted by Gasteiger charge is -2.09. The molecule has 0 aliphatic carbocycles. The van der Waals surface area contributed by atoms with Crippen molar-refractivity contribution in [2.75, 3.05) is 5.32 Å². The minimum absolute atomic E-state index is 0.0521. The number of rotatable bonds is 9. The largest absolute Gasteiger partial charge is 0.486 e. The van der Waals surface area contributed by atoms with Crippen LogP contribution in [0.15, 0.2) is 83.3 Å². The summed E-state index contributed by atoms with van der Waals surface area (Å²) in [7, 11) is 0. The normalized spacial score (nSPS) is 10.8. The summed E-state index contributed by atoms with van der Waals surface area (Å²) in [4.78, 5) is 23.6. The molecule has 0 aliphatic rings. The van der Waals surface area contributed by atoms with Crippen LogP contribution in [0.25, 0.3) is 0 Å². The van der Waals surface area contributed by atoms with E-state index >= 15 is 0 Å². The molecule has 0 aliphatic heterocycles. The van der Waals surface area contributed by atoms with E-state index in [1.54, 1.807) is 18.2 Å². The second-order valence-corrected chi connectivity index (χ2v) is 8.62. The third-order valence-corrected chi connectivity index (χ3v) is 5.43. The van der Waals surface area contributed by atoms with Crippen LogP contribution in [0.4, 0.5) is 11.4 Å². The fraction of sp³-hybridized carbons (Fsp3) is 0.179. The maximum Gasteiger partial charge on any atom is 0.291 e. The Kier molecular flexibility index (Phi) is 7.34. The van der Waals surface area contributed by atoms with Gasteiger partial charge in [0.2, 0.25) is 0 Å². The van der Waals surface area contributed by atoms with Crippen LogP contribution in [-0.4, -0.2) is 10.8 Å². The van der Waals surface area contributed by atoms with Crippen molar-refractivity contribution >= 4 is 17.3 Å². The summed E-state index contributed by atoms with van der Waals surface area (Å²) in [6, 6.07) is 22.3. The summed E-state index contributed by atoms with van der Waals surface area (Å²) in [5, 5.41) is 14.0. The van der Waals surface area contributed by atoms with Gasteiger partial charge in [0.15, 0.2) is 5.76 Å². The van der Waals surface area contributed by atoms with Gasteiger partial charge in [-0.1, -0.05) is 43.7 Å². The third kappa shape index (κ3) is 6.29. The number of nitro benzene ring substituents is 1. The van der Waals surface area contributed by atoms with E-state index in [9.17, 15) is 14.9 Å². The maximum absolute atomic E-state index is 12.7. The van der Waals surface area contributed by atoms with Gasteiger partial charge in [-0.15, -0.1) is 0 Å². The van der Waals surface area contributed by atoms with Crippen LogP contribution in [-0.2, 0) is 6.61 Å². The number of carbonyl (C=O) groups is 1. The maximum atomic E-state index is 12.7. The Morgan fingerprint density at radius 2 is 1.64 bits per heavy atom. The van der Waals surface area contributed by atoms with Gasteiger partial charge in [0, 0.05) is 12.1 Å². The fourth-order valence-electron chi connectivity index (χ4n) is 3.44. The highest BCUT2D eigenvalue weighted by atomic mass is 16.6. The molecule has 8 nitrogen and oxygen atoms in total.